The zero-order chi connectivity index (χ0) is 13.1. The van der Waals surface area contributed by atoms with Crippen molar-refractivity contribution in [2.45, 2.75) is 69.3 Å². The van der Waals surface area contributed by atoms with Gasteiger partial charge in [-0.15, -0.1) is 0 Å². The van der Waals surface area contributed by atoms with Crippen molar-refractivity contribution in [1.82, 2.24) is 4.90 Å². The second-order valence-corrected chi connectivity index (χ2v) is 6.39. The fraction of sp³-hybridized carbons (Fsp3) is 1.00. The fourth-order valence-electron chi connectivity index (χ4n) is 3.96. The maximum Gasteiger partial charge on any atom is 0.168 e. The lowest BCUT2D eigenvalue weighted by Crippen LogP contribution is -2.45. The minimum absolute atomic E-state index is 0.205. The third-order valence-corrected chi connectivity index (χ3v) is 4.97. The number of rotatable bonds is 4. The van der Waals surface area contributed by atoms with Gasteiger partial charge in [-0.25, -0.2) is 0 Å². The first-order chi connectivity index (χ1) is 9.31. The number of piperidine rings is 1. The summed E-state index contributed by atoms with van der Waals surface area (Å²) >= 11 is 0. The summed E-state index contributed by atoms with van der Waals surface area (Å²) in [5.41, 5.74) is 5.74. The molecule has 3 rings (SSSR count). The topological polar surface area (TPSA) is 47.7 Å². The van der Waals surface area contributed by atoms with E-state index in [0.29, 0.717) is 6.04 Å². The molecule has 1 saturated carbocycles. The van der Waals surface area contributed by atoms with Gasteiger partial charge in [0.25, 0.3) is 0 Å². The number of hydrogen-bond acceptors (Lipinski definition) is 4. The van der Waals surface area contributed by atoms with Gasteiger partial charge in [-0.2, -0.15) is 0 Å². The molecule has 0 bridgehead atoms. The molecule has 1 aliphatic carbocycles. The molecule has 4 nitrogen and oxygen atoms in total. The average Bonchev–Trinajstić information content (AvgIpc) is 3.03. The van der Waals surface area contributed by atoms with Crippen LogP contribution in [0.25, 0.3) is 0 Å². The van der Waals surface area contributed by atoms with Crippen molar-refractivity contribution in [3.63, 3.8) is 0 Å². The van der Waals surface area contributed by atoms with Crippen LogP contribution in [0.2, 0.25) is 0 Å². The maximum atomic E-state index is 6.24. The lowest BCUT2D eigenvalue weighted by molar-refractivity contribution is -0.164. The van der Waals surface area contributed by atoms with E-state index in [9.17, 15) is 0 Å². The maximum absolute atomic E-state index is 6.24. The Morgan fingerprint density at radius 3 is 2.79 bits per heavy atom. The van der Waals surface area contributed by atoms with Gasteiger partial charge >= 0.3 is 0 Å². The van der Waals surface area contributed by atoms with Crippen LogP contribution in [0.4, 0.5) is 0 Å². The highest BCUT2D eigenvalue weighted by molar-refractivity contribution is 4.87. The summed E-state index contributed by atoms with van der Waals surface area (Å²) in [6.45, 7) is 3.82. The van der Waals surface area contributed by atoms with Crippen molar-refractivity contribution >= 4 is 0 Å². The van der Waals surface area contributed by atoms with Gasteiger partial charge in [-0.05, 0) is 45.2 Å². The molecule has 2 unspecified atom stereocenters. The zero-order valence-corrected chi connectivity index (χ0v) is 12.0. The minimum atomic E-state index is -0.205. The Bertz CT molecular complexity index is 290. The standard InChI is InChI=1S/C15H28N2O2/c16-9-6-13-5-1-4-10-17(13)11-14-12-18-15(19-14)7-2-3-8-15/h13-14H,1-12,16H2. The normalized spacial score (nSPS) is 35.2. The highest BCUT2D eigenvalue weighted by Gasteiger charge is 2.44. The van der Waals surface area contributed by atoms with Gasteiger partial charge in [0.2, 0.25) is 0 Å². The van der Waals surface area contributed by atoms with Crippen LogP contribution in [0.3, 0.4) is 0 Å². The highest BCUT2D eigenvalue weighted by atomic mass is 16.7. The van der Waals surface area contributed by atoms with Crippen molar-refractivity contribution in [2.75, 3.05) is 26.2 Å². The second kappa shape index (κ2) is 6.08. The Labute approximate surface area is 116 Å². The Morgan fingerprint density at radius 2 is 2.00 bits per heavy atom. The van der Waals surface area contributed by atoms with Crippen LogP contribution < -0.4 is 5.73 Å². The smallest absolute Gasteiger partial charge is 0.168 e. The molecule has 0 radical (unpaired) electrons. The summed E-state index contributed by atoms with van der Waals surface area (Å²) in [6.07, 6.45) is 10.1. The summed E-state index contributed by atoms with van der Waals surface area (Å²) in [4.78, 5) is 2.60. The van der Waals surface area contributed by atoms with Crippen LogP contribution in [0.1, 0.15) is 51.4 Å². The fourth-order valence-corrected chi connectivity index (χ4v) is 3.96. The number of likely N-dealkylation sites (tertiary alicyclic amines) is 1. The van der Waals surface area contributed by atoms with Crippen LogP contribution in [-0.4, -0.2) is 49.1 Å². The zero-order valence-electron chi connectivity index (χ0n) is 12.0. The van der Waals surface area contributed by atoms with Crippen molar-refractivity contribution in [3.05, 3.63) is 0 Å². The number of nitrogens with two attached hydrogens (primary N) is 1. The van der Waals surface area contributed by atoms with E-state index < -0.39 is 0 Å². The van der Waals surface area contributed by atoms with Crippen molar-refractivity contribution in [3.8, 4) is 0 Å². The summed E-state index contributed by atoms with van der Waals surface area (Å²) in [5.74, 6) is -0.205. The molecule has 4 heteroatoms. The van der Waals surface area contributed by atoms with E-state index in [1.54, 1.807) is 0 Å². The first-order valence-corrected chi connectivity index (χ1v) is 8.07. The van der Waals surface area contributed by atoms with E-state index in [1.807, 2.05) is 0 Å². The van der Waals surface area contributed by atoms with E-state index in [-0.39, 0.29) is 11.9 Å². The van der Waals surface area contributed by atoms with Gasteiger partial charge in [-0.3, -0.25) is 4.90 Å². The minimum Gasteiger partial charge on any atom is -0.347 e. The molecule has 0 aromatic rings. The lowest BCUT2D eigenvalue weighted by atomic mass is 9.99. The van der Waals surface area contributed by atoms with Crippen LogP contribution >= 0.6 is 0 Å². The molecule has 2 atom stereocenters. The molecular weight excluding hydrogens is 240 g/mol. The summed E-state index contributed by atoms with van der Waals surface area (Å²) in [7, 11) is 0. The predicted octanol–water partition coefficient (Wildman–Crippen LogP) is 1.88. The van der Waals surface area contributed by atoms with E-state index in [1.165, 1.54) is 38.6 Å². The van der Waals surface area contributed by atoms with Crippen LogP contribution in [-0.2, 0) is 9.47 Å². The molecule has 2 N–H and O–H groups in total. The van der Waals surface area contributed by atoms with Crippen molar-refractivity contribution < 1.29 is 9.47 Å². The second-order valence-electron chi connectivity index (χ2n) is 6.39. The Balaban J connectivity index is 1.52. The largest absolute Gasteiger partial charge is 0.347 e. The molecule has 1 spiro atoms. The van der Waals surface area contributed by atoms with Crippen LogP contribution in [0.15, 0.2) is 0 Å². The van der Waals surface area contributed by atoms with Gasteiger partial charge in [0.15, 0.2) is 5.79 Å². The monoisotopic (exact) mass is 268 g/mol. The van der Waals surface area contributed by atoms with E-state index >= 15 is 0 Å². The van der Waals surface area contributed by atoms with Gasteiger partial charge < -0.3 is 15.2 Å². The quantitative estimate of drug-likeness (QED) is 0.845. The first-order valence-electron chi connectivity index (χ1n) is 8.07. The Kier molecular flexibility index (Phi) is 4.42. The van der Waals surface area contributed by atoms with Gasteiger partial charge in [-0.1, -0.05) is 6.42 Å². The van der Waals surface area contributed by atoms with Crippen LogP contribution in [0.5, 0.6) is 0 Å². The summed E-state index contributed by atoms with van der Waals surface area (Å²) in [6, 6.07) is 0.669. The molecule has 0 aromatic carbocycles. The van der Waals surface area contributed by atoms with Gasteiger partial charge in [0.05, 0.1) is 12.7 Å². The number of hydrogen-bond donors (Lipinski definition) is 1. The number of ether oxygens (including phenoxy) is 2. The van der Waals surface area contributed by atoms with E-state index in [2.05, 4.69) is 4.90 Å². The molecule has 2 heterocycles. The van der Waals surface area contributed by atoms with Gasteiger partial charge in [0, 0.05) is 25.4 Å². The molecule has 0 amide bonds. The first kappa shape index (κ1) is 13.8. The molecule has 110 valence electrons. The third-order valence-electron chi connectivity index (χ3n) is 4.97. The Morgan fingerprint density at radius 1 is 1.16 bits per heavy atom. The molecule has 19 heavy (non-hydrogen) atoms. The summed E-state index contributed by atoms with van der Waals surface area (Å²) < 4.78 is 12.2. The van der Waals surface area contributed by atoms with E-state index in [4.69, 9.17) is 15.2 Å². The van der Waals surface area contributed by atoms with Crippen LogP contribution in [0, 0.1) is 0 Å². The van der Waals surface area contributed by atoms with Gasteiger partial charge in [0.1, 0.15) is 0 Å². The van der Waals surface area contributed by atoms with Crippen molar-refractivity contribution in [2.24, 2.45) is 5.73 Å². The Hall–Kier alpha value is -0.160. The molecule has 2 aliphatic heterocycles. The predicted molar refractivity (Wildman–Crippen MR) is 74.9 cm³/mol. The lowest BCUT2D eigenvalue weighted by Gasteiger charge is -2.37. The molecule has 3 aliphatic rings. The number of nitrogens with zero attached hydrogens (tertiary/aromatic N) is 1. The third kappa shape index (κ3) is 3.13. The highest BCUT2D eigenvalue weighted by Crippen LogP contribution is 2.39. The van der Waals surface area contributed by atoms with E-state index in [0.717, 1.165) is 39.0 Å². The average molecular weight is 268 g/mol. The molecule has 2 saturated heterocycles. The molecular formula is C15H28N2O2. The van der Waals surface area contributed by atoms with Crippen molar-refractivity contribution in [1.29, 1.82) is 0 Å². The summed E-state index contributed by atoms with van der Waals surface area (Å²) in [5, 5.41) is 0. The molecule has 3 fully saturated rings. The molecule has 0 aromatic heterocycles. The SMILES string of the molecule is NCCC1CCCCN1CC1COC2(CCCC2)O1.